The van der Waals surface area contributed by atoms with Crippen LogP contribution < -0.4 is 16.4 Å². The molecule has 2 aromatic heterocycles. The molecule has 0 amide bonds. The van der Waals surface area contributed by atoms with Gasteiger partial charge in [-0.15, -0.1) is 0 Å². The van der Waals surface area contributed by atoms with Crippen LogP contribution in [-0.2, 0) is 11.8 Å². The van der Waals surface area contributed by atoms with Gasteiger partial charge in [-0.3, -0.25) is 9.97 Å². The van der Waals surface area contributed by atoms with Gasteiger partial charge in [-0.25, -0.2) is 0 Å². The van der Waals surface area contributed by atoms with Gasteiger partial charge < -0.3 is 0 Å². The van der Waals surface area contributed by atoms with E-state index in [1.165, 1.54) is 77.6 Å². The van der Waals surface area contributed by atoms with Gasteiger partial charge in [0.05, 0.1) is 17.1 Å². The smallest absolute Gasteiger partial charge is 0.242 e. The zero-order chi connectivity index (χ0) is 33.0. The Morgan fingerprint density at radius 3 is 1.77 bits per heavy atom. The van der Waals surface area contributed by atoms with Crippen molar-refractivity contribution >= 4 is 23.1 Å². The third-order valence-electron chi connectivity index (χ3n) is 10.3. The quantitative estimate of drug-likeness (QED) is 0.177. The Morgan fingerprint density at radius 1 is 0.596 bits per heavy atom. The molecule has 232 valence electrons. The zero-order valence-corrected chi connectivity index (χ0v) is 29.0. The lowest BCUT2D eigenvalue weighted by Crippen LogP contribution is -2.57. The van der Waals surface area contributed by atoms with Gasteiger partial charge in [-0.05, 0) is 108 Å². The maximum atomic E-state index is 5.48. The molecule has 0 fully saturated rings. The molecule has 0 unspecified atom stereocenters. The summed E-state index contributed by atoms with van der Waals surface area (Å²) in [6, 6.07) is 35.8. The van der Waals surface area contributed by atoms with Crippen LogP contribution in [0.3, 0.4) is 0 Å². The van der Waals surface area contributed by atoms with Crippen LogP contribution in [0.1, 0.15) is 69.7 Å². The van der Waals surface area contributed by atoms with Gasteiger partial charge >= 0.3 is 0 Å². The molecule has 0 N–H and O–H groups in total. The molecular formula is C44H43BN2. The van der Waals surface area contributed by atoms with E-state index >= 15 is 0 Å². The number of rotatable bonds is 6. The highest BCUT2D eigenvalue weighted by atomic mass is 14.8. The monoisotopic (exact) mass is 610 g/mol. The molecule has 3 heteroatoms. The largest absolute Gasteiger partial charge is 0.260 e. The summed E-state index contributed by atoms with van der Waals surface area (Å²) in [6.07, 6.45) is 2.75. The number of hydrogen-bond acceptors (Lipinski definition) is 2. The van der Waals surface area contributed by atoms with Gasteiger partial charge in [-0.2, -0.15) is 0 Å². The SMILES string of the molecule is Cc1cc(C)c(B(c2cc(-c3ccccc3)cc3c2Cc2ccc(C(C)(C)c4ccccn4)nc2-3)c2c(C)cc(C)cc2C)c(C)c1. The van der Waals surface area contributed by atoms with E-state index < -0.39 is 0 Å². The lowest BCUT2D eigenvalue weighted by Gasteiger charge is -2.27. The molecule has 4 aromatic carbocycles. The van der Waals surface area contributed by atoms with Crippen LogP contribution in [0.2, 0.25) is 0 Å². The Labute approximate surface area is 281 Å². The van der Waals surface area contributed by atoms with E-state index in [0.717, 1.165) is 23.5 Å². The zero-order valence-electron chi connectivity index (χ0n) is 29.0. The number of pyridine rings is 2. The molecule has 2 heterocycles. The normalized spacial score (nSPS) is 12.2. The van der Waals surface area contributed by atoms with E-state index in [2.05, 4.69) is 146 Å². The second kappa shape index (κ2) is 11.8. The van der Waals surface area contributed by atoms with Crippen LogP contribution in [-0.4, -0.2) is 16.7 Å². The molecule has 47 heavy (non-hydrogen) atoms. The van der Waals surface area contributed by atoms with Crippen LogP contribution in [0.4, 0.5) is 0 Å². The molecule has 0 spiro atoms. The summed E-state index contributed by atoms with van der Waals surface area (Å²) in [5.74, 6) is 0. The standard InChI is InChI=1S/C44H43BN2/c1-27-20-29(3)41(30(4)21-27)45(42-31(5)22-28(2)23-32(42)6)38-26-35(33-14-10-9-11-15-33)25-37-36(38)24-34-17-18-40(47-43(34)37)44(7,8)39-16-12-13-19-46-39/h9-23,25-26H,24H2,1-8H3. The van der Waals surface area contributed by atoms with Gasteiger partial charge in [0.15, 0.2) is 0 Å². The van der Waals surface area contributed by atoms with Gasteiger partial charge in [0.25, 0.3) is 0 Å². The summed E-state index contributed by atoms with van der Waals surface area (Å²) in [6.45, 7) is 18.2. The maximum absolute atomic E-state index is 5.48. The molecule has 2 nitrogen and oxygen atoms in total. The lowest BCUT2D eigenvalue weighted by molar-refractivity contribution is 0.596. The van der Waals surface area contributed by atoms with Crippen molar-refractivity contribution in [3.63, 3.8) is 0 Å². The van der Waals surface area contributed by atoms with E-state index in [1.807, 2.05) is 12.3 Å². The number of benzene rings is 4. The van der Waals surface area contributed by atoms with Crippen LogP contribution in [0.15, 0.2) is 103 Å². The van der Waals surface area contributed by atoms with E-state index in [4.69, 9.17) is 9.97 Å². The van der Waals surface area contributed by atoms with Crippen molar-refractivity contribution in [1.29, 1.82) is 0 Å². The Hall–Kier alpha value is -4.76. The molecule has 0 atom stereocenters. The topological polar surface area (TPSA) is 25.8 Å². The molecule has 0 saturated heterocycles. The second-order valence-electron chi connectivity index (χ2n) is 14.2. The average Bonchev–Trinajstić information content (AvgIpc) is 3.42. The van der Waals surface area contributed by atoms with Crippen molar-refractivity contribution in [2.45, 2.75) is 67.2 Å². The average molecular weight is 611 g/mol. The molecule has 0 bridgehead atoms. The van der Waals surface area contributed by atoms with Gasteiger partial charge in [0.2, 0.25) is 6.71 Å². The highest BCUT2D eigenvalue weighted by Crippen LogP contribution is 2.40. The van der Waals surface area contributed by atoms with Crippen molar-refractivity contribution in [3.05, 3.63) is 159 Å². The van der Waals surface area contributed by atoms with Crippen molar-refractivity contribution in [1.82, 2.24) is 9.97 Å². The van der Waals surface area contributed by atoms with E-state index in [9.17, 15) is 0 Å². The minimum atomic E-state index is -0.326. The first-order valence-electron chi connectivity index (χ1n) is 16.8. The lowest BCUT2D eigenvalue weighted by atomic mass is 9.33. The molecule has 1 aliphatic rings. The van der Waals surface area contributed by atoms with Gasteiger partial charge in [-0.1, -0.05) is 123 Å². The Kier molecular flexibility index (Phi) is 7.75. The summed E-state index contributed by atoms with van der Waals surface area (Å²) in [5, 5.41) is 0. The summed E-state index contributed by atoms with van der Waals surface area (Å²) in [4.78, 5) is 10.2. The fourth-order valence-electron chi connectivity index (χ4n) is 8.17. The van der Waals surface area contributed by atoms with E-state index in [1.54, 1.807) is 0 Å². The molecule has 0 aliphatic heterocycles. The van der Waals surface area contributed by atoms with Crippen molar-refractivity contribution in [3.8, 4) is 22.4 Å². The van der Waals surface area contributed by atoms with Gasteiger partial charge in [0.1, 0.15) is 0 Å². The molecule has 7 rings (SSSR count). The molecule has 1 aliphatic carbocycles. The highest BCUT2D eigenvalue weighted by molar-refractivity contribution is 6.97. The third-order valence-corrected chi connectivity index (χ3v) is 10.3. The van der Waals surface area contributed by atoms with E-state index in [0.29, 0.717) is 0 Å². The number of aryl methyl sites for hydroxylation is 6. The summed E-state index contributed by atoms with van der Waals surface area (Å²) >= 11 is 0. The Balaban J connectivity index is 1.53. The Morgan fingerprint density at radius 2 is 1.19 bits per heavy atom. The molecular weight excluding hydrogens is 567 g/mol. The fraction of sp³-hybridized carbons (Fsp3) is 0.227. The predicted molar refractivity (Wildman–Crippen MR) is 200 cm³/mol. The van der Waals surface area contributed by atoms with Gasteiger partial charge in [0, 0.05) is 17.2 Å². The fourth-order valence-corrected chi connectivity index (χ4v) is 8.17. The predicted octanol–water partition coefficient (Wildman–Crippen LogP) is 8.41. The number of hydrogen-bond donors (Lipinski definition) is 0. The van der Waals surface area contributed by atoms with Crippen molar-refractivity contribution in [2.75, 3.05) is 0 Å². The van der Waals surface area contributed by atoms with Crippen LogP contribution in [0.5, 0.6) is 0 Å². The minimum Gasteiger partial charge on any atom is -0.260 e. The molecule has 0 radical (unpaired) electrons. The number of nitrogens with zero attached hydrogens (tertiary/aromatic N) is 2. The van der Waals surface area contributed by atoms with Crippen molar-refractivity contribution in [2.24, 2.45) is 0 Å². The molecule has 6 aromatic rings. The number of aromatic nitrogens is 2. The first kappa shape index (κ1) is 30.9. The van der Waals surface area contributed by atoms with Crippen molar-refractivity contribution < 1.29 is 0 Å². The van der Waals surface area contributed by atoms with Crippen LogP contribution >= 0.6 is 0 Å². The molecule has 0 saturated carbocycles. The number of fused-ring (bicyclic) bond motifs is 3. The summed E-state index contributed by atoms with van der Waals surface area (Å²) in [5.41, 5.74) is 21.5. The highest BCUT2D eigenvalue weighted by Gasteiger charge is 2.35. The third kappa shape index (κ3) is 5.42. The maximum Gasteiger partial charge on any atom is 0.242 e. The van der Waals surface area contributed by atoms with Crippen LogP contribution in [0.25, 0.3) is 22.4 Å². The first-order valence-corrected chi connectivity index (χ1v) is 16.8. The first-order chi connectivity index (χ1) is 22.5. The second-order valence-corrected chi connectivity index (χ2v) is 14.2. The summed E-state index contributed by atoms with van der Waals surface area (Å²) < 4.78 is 0. The van der Waals surface area contributed by atoms with E-state index in [-0.39, 0.29) is 12.1 Å². The minimum absolute atomic E-state index is 0.0901. The summed E-state index contributed by atoms with van der Waals surface area (Å²) in [7, 11) is 0. The Bertz CT molecular complexity index is 2040. The van der Waals surface area contributed by atoms with Crippen LogP contribution in [0, 0.1) is 41.5 Å².